The molecule has 1 N–H and O–H groups in total. The highest BCUT2D eigenvalue weighted by Gasteiger charge is 2.29. The van der Waals surface area contributed by atoms with Gasteiger partial charge in [0, 0.05) is 7.11 Å². The van der Waals surface area contributed by atoms with E-state index in [4.69, 9.17) is 4.74 Å². The monoisotopic (exact) mass is 200 g/mol. The highest BCUT2D eigenvalue weighted by molar-refractivity contribution is 4.80. The van der Waals surface area contributed by atoms with E-state index in [0.29, 0.717) is 5.92 Å². The minimum Gasteiger partial charge on any atom is -0.393 e. The lowest BCUT2D eigenvalue weighted by molar-refractivity contribution is 0.00866. The quantitative estimate of drug-likeness (QED) is 0.756. The second kappa shape index (κ2) is 5.72. The summed E-state index contributed by atoms with van der Waals surface area (Å²) in [5, 5.41) is 9.87. The number of hydrogen-bond acceptors (Lipinski definition) is 2. The summed E-state index contributed by atoms with van der Waals surface area (Å²) in [6, 6.07) is 0. The normalized spacial score (nSPS) is 35.6. The third-order valence-electron chi connectivity index (χ3n) is 3.67. The minimum atomic E-state index is -0.0876. The molecule has 4 atom stereocenters. The van der Waals surface area contributed by atoms with Crippen LogP contribution in [-0.4, -0.2) is 24.4 Å². The zero-order valence-electron chi connectivity index (χ0n) is 9.70. The maximum absolute atomic E-state index is 9.87. The van der Waals surface area contributed by atoms with Gasteiger partial charge in [0.15, 0.2) is 0 Å². The molecule has 14 heavy (non-hydrogen) atoms. The smallest absolute Gasteiger partial charge is 0.0569 e. The van der Waals surface area contributed by atoms with Gasteiger partial charge in [-0.25, -0.2) is 0 Å². The number of aliphatic hydroxyl groups is 1. The first-order valence-corrected chi connectivity index (χ1v) is 5.88. The lowest BCUT2D eigenvalue weighted by atomic mass is 9.76. The number of hydrogen-bond donors (Lipinski definition) is 1. The summed E-state index contributed by atoms with van der Waals surface area (Å²) in [6.07, 6.45) is 5.83. The predicted molar refractivity (Wildman–Crippen MR) is 58.2 cm³/mol. The van der Waals surface area contributed by atoms with Gasteiger partial charge in [0.1, 0.15) is 0 Å². The molecule has 1 saturated carbocycles. The van der Waals surface area contributed by atoms with E-state index in [1.54, 1.807) is 7.11 Å². The Morgan fingerprint density at radius 1 is 1.43 bits per heavy atom. The second-order valence-corrected chi connectivity index (χ2v) is 4.70. The van der Waals surface area contributed by atoms with Crippen LogP contribution in [0.15, 0.2) is 0 Å². The molecule has 0 aromatic rings. The van der Waals surface area contributed by atoms with Crippen LogP contribution in [0, 0.1) is 11.8 Å². The molecule has 84 valence electrons. The fraction of sp³-hybridized carbons (Fsp3) is 1.00. The Balaban J connectivity index is 2.40. The van der Waals surface area contributed by atoms with Crippen LogP contribution in [0.4, 0.5) is 0 Å². The van der Waals surface area contributed by atoms with Gasteiger partial charge >= 0.3 is 0 Å². The summed E-state index contributed by atoms with van der Waals surface area (Å²) in [7, 11) is 1.75. The highest BCUT2D eigenvalue weighted by atomic mass is 16.5. The SMILES string of the molecule is CCC1CCC(O)C(CC(C)OC)C1. The van der Waals surface area contributed by atoms with Crippen LogP contribution in [0.5, 0.6) is 0 Å². The topological polar surface area (TPSA) is 29.5 Å². The Morgan fingerprint density at radius 2 is 2.14 bits per heavy atom. The Kier molecular flexibility index (Phi) is 4.90. The van der Waals surface area contributed by atoms with Crippen molar-refractivity contribution in [3.63, 3.8) is 0 Å². The summed E-state index contributed by atoms with van der Waals surface area (Å²) < 4.78 is 5.26. The van der Waals surface area contributed by atoms with Crippen molar-refractivity contribution < 1.29 is 9.84 Å². The van der Waals surface area contributed by atoms with Gasteiger partial charge in [0.25, 0.3) is 0 Å². The molecule has 2 heteroatoms. The fourth-order valence-corrected chi connectivity index (χ4v) is 2.49. The highest BCUT2D eigenvalue weighted by Crippen LogP contribution is 2.34. The average molecular weight is 200 g/mol. The van der Waals surface area contributed by atoms with Gasteiger partial charge in [-0.05, 0) is 44.4 Å². The van der Waals surface area contributed by atoms with Crippen molar-refractivity contribution in [3.8, 4) is 0 Å². The summed E-state index contributed by atoms with van der Waals surface area (Å²) in [6.45, 7) is 4.33. The van der Waals surface area contributed by atoms with Crippen molar-refractivity contribution in [2.75, 3.05) is 7.11 Å². The van der Waals surface area contributed by atoms with E-state index in [1.165, 1.54) is 19.3 Å². The van der Waals surface area contributed by atoms with Crippen molar-refractivity contribution in [2.45, 2.75) is 58.2 Å². The summed E-state index contributed by atoms with van der Waals surface area (Å²) in [5.41, 5.74) is 0. The third kappa shape index (κ3) is 3.25. The van der Waals surface area contributed by atoms with Crippen LogP contribution in [-0.2, 0) is 4.74 Å². The first kappa shape index (κ1) is 12.0. The Bertz CT molecular complexity index is 156. The zero-order valence-corrected chi connectivity index (χ0v) is 9.70. The Hall–Kier alpha value is -0.0800. The first-order chi connectivity index (χ1) is 6.67. The predicted octanol–water partition coefficient (Wildman–Crippen LogP) is 2.60. The van der Waals surface area contributed by atoms with E-state index in [0.717, 1.165) is 18.8 Å². The molecule has 1 rings (SSSR count). The molecule has 4 unspecified atom stereocenters. The molecule has 0 radical (unpaired) electrons. The van der Waals surface area contributed by atoms with Crippen LogP contribution in [0.1, 0.15) is 46.0 Å². The summed E-state index contributed by atoms with van der Waals surface area (Å²) in [4.78, 5) is 0. The molecule has 0 bridgehead atoms. The van der Waals surface area contributed by atoms with Gasteiger partial charge in [-0.1, -0.05) is 13.3 Å². The van der Waals surface area contributed by atoms with Crippen LogP contribution < -0.4 is 0 Å². The van der Waals surface area contributed by atoms with Gasteiger partial charge < -0.3 is 9.84 Å². The molecule has 0 aromatic carbocycles. The van der Waals surface area contributed by atoms with Crippen LogP contribution in [0.2, 0.25) is 0 Å². The van der Waals surface area contributed by atoms with Crippen molar-refractivity contribution in [3.05, 3.63) is 0 Å². The molecular weight excluding hydrogens is 176 g/mol. The van der Waals surface area contributed by atoms with Crippen LogP contribution in [0.25, 0.3) is 0 Å². The van der Waals surface area contributed by atoms with E-state index in [2.05, 4.69) is 13.8 Å². The molecule has 2 nitrogen and oxygen atoms in total. The number of aliphatic hydroxyl groups excluding tert-OH is 1. The molecule has 0 heterocycles. The Morgan fingerprint density at radius 3 is 2.71 bits per heavy atom. The fourth-order valence-electron chi connectivity index (χ4n) is 2.49. The second-order valence-electron chi connectivity index (χ2n) is 4.70. The molecule has 1 aliphatic rings. The standard InChI is InChI=1S/C12H24O2/c1-4-10-5-6-12(13)11(8-10)7-9(2)14-3/h9-13H,4-8H2,1-3H3. The van der Waals surface area contributed by atoms with E-state index >= 15 is 0 Å². The van der Waals surface area contributed by atoms with Crippen molar-refractivity contribution >= 4 is 0 Å². The van der Waals surface area contributed by atoms with Gasteiger partial charge in [0.05, 0.1) is 12.2 Å². The van der Waals surface area contributed by atoms with E-state index in [1.807, 2.05) is 0 Å². The van der Waals surface area contributed by atoms with Gasteiger partial charge in [-0.3, -0.25) is 0 Å². The largest absolute Gasteiger partial charge is 0.393 e. The summed E-state index contributed by atoms with van der Waals surface area (Å²) >= 11 is 0. The van der Waals surface area contributed by atoms with Crippen molar-refractivity contribution in [1.82, 2.24) is 0 Å². The van der Waals surface area contributed by atoms with Crippen LogP contribution in [0.3, 0.4) is 0 Å². The van der Waals surface area contributed by atoms with E-state index in [9.17, 15) is 5.11 Å². The minimum absolute atomic E-state index is 0.0876. The molecule has 1 fully saturated rings. The third-order valence-corrected chi connectivity index (χ3v) is 3.67. The van der Waals surface area contributed by atoms with Gasteiger partial charge in [-0.2, -0.15) is 0 Å². The molecule has 0 aromatic heterocycles. The Labute approximate surface area is 87.7 Å². The van der Waals surface area contributed by atoms with Gasteiger partial charge in [0.2, 0.25) is 0 Å². The number of ether oxygens (including phenoxy) is 1. The lowest BCUT2D eigenvalue weighted by Gasteiger charge is -2.34. The average Bonchev–Trinajstić information content (AvgIpc) is 2.21. The zero-order chi connectivity index (χ0) is 10.6. The molecule has 0 saturated heterocycles. The first-order valence-electron chi connectivity index (χ1n) is 5.88. The van der Waals surface area contributed by atoms with Crippen LogP contribution >= 0.6 is 0 Å². The van der Waals surface area contributed by atoms with Gasteiger partial charge in [-0.15, -0.1) is 0 Å². The number of rotatable bonds is 4. The number of methoxy groups -OCH3 is 1. The molecule has 0 aliphatic heterocycles. The molecule has 0 amide bonds. The summed E-state index contributed by atoms with van der Waals surface area (Å²) in [5.74, 6) is 1.29. The molecule has 0 spiro atoms. The maximum Gasteiger partial charge on any atom is 0.0569 e. The molecule has 1 aliphatic carbocycles. The lowest BCUT2D eigenvalue weighted by Crippen LogP contribution is -2.31. The van der Waals surface area contributed by atoms with Crippen molar-refractivity contribution in [2.24, 2.45) is 11.8 Å². The van der Waals surface area contributed by atoms with E-state index < -0.39 is 0 Å². The maximum atomic E-state index is 9.87. The molecular formula is C12H24O2. The van der Waals surface area contributed by atoms with E-state index in [-0.39, 0.29) is 12.2 Å². The van der Waals surface area contributed by atoms with Crippen molar-refractivity contribution in [1.29, 1.82) is 0 Å².